The van der Waals surface area contributed by atoms with E-state index >= 15 is 4.39 Å². The molecule has 5 amide bonds. The highest BCUT2D eigenvalue weighted by molar-refractivity contribution is 6.31. The number of carbonyl (C=O) groups excluding carboxylic acids is 5. The van der Waals surface area contributed by atoms with Gasteiger partial charge in [-0.25, -0.2) is 14.4 Å². The van der Waals surface area contributed by atoms with Crippen LogP contribution in [0.25, 0.3) is 0 Å². The first-order valence-electron chi connectivity index (χ1n) is 20.3. The molecule has 1 aliphatic carbocycles. The van der Waals surface area contributed by atoms with E-state index in [1.807, 2.05) is 38.7 Å². The van der Waals surface area contributed by atoms with Crippen molar-refractivity contribution < 1.29 is 33.1 Å². The van der Waals surface area contributed by atoms with Gasteiger partial charge in [-0.15, -0.1) is 0 Å². The summed E-state index contributed by atoms with van der Waals surface area (Å²) in [6.07, 6.45) is 4.18. The SMILES string of the molecule is CC1(C)C(Oc2ccc(C#N)c(Cl)c2)C(C)(C)C1N1C(=O)CCC(N2C(=O)c3cc(N4CCN(CC5CCN(c6ncc(C(N)=O)cn6)CC5)CC4)cc(F)c3C2=O)C1=O. The van der Waals surface area contributed by atoms with Gasteiger partial charge in [0.25, 0.3) is 23.6 Å². The minimum absolute atomic E-state index is 0.0653. The van der Waals surface area contributed by atoms with Gasteiger partial charge in [0.1, 0.15) is 29.8 Å². The molecule has 3 saturated heterocycles. The highest BCUT2D eigenvalue weighted by Gasteiger charge is 2.68. The standard InChI is InChI=1S/C43H47ClFN9O6/c1-42(2)39(43(3,4)40(42)60-28-6-5-25(20-46)30(44)19-28)54-33(55)8-7-32(37(54)58)53-36(57)29-17-27(18-31(45)34(29)38(53)59)51-15-13-50(14-16-51)23-24-9-11-52(12-10-24)41-48-21-26(22-49-41)35(47)56/h5-6,17-19,21-22,24,32,39-40H,7-16,23H2,1-4H3,(H2,47,56). The number of anilines is 2. The molecule has 5 heterocycles. The molecule has 60 heavy (non-hydrogen) atoms. The molecule has 2 N–H and O–H groups in total. The summed E-state index contributed by atoms with van der Waals surface area (Å²) in [6.45, 7) is 12.7. The number of hydrogen-bond acceptors (Lipinski definition) is 12. The van der Waals surface area contributed by atoms with Crippen molar-refractivity contribution in [2.75, 3.05) is 55.6 Å². The lowest BCUT2D eigenvalue weighted by molar-refractivity contribution is -0.216. The van der Waals surface area contributed by atoms with E-state index in [-0.39, 0.29) is 34.6 Å². The molecule has 1 atom stereocenters. The van der Waals surface area contributed by atoms with E-state index in [1.54, 1.807) is 24.3 Å². The third-order valence-electron chi connectivity index (χ3n) is 13.1. The predicted molar refractivity (Wildman–Crippen MR) is 218 cm³/mol. The fourth-order valence-electron chi connectivity index (χ4n) is 10.4. The number of imide groups is 2. The number of fused-ring (bicyclic) bond motifs is 1. The molecular formula is C43H47ClFN9O6. The summed E-state index contributed by atoms with van der Waals surface area (Å²) in [7, 11) is 0. The van der Waals surface area contributed by atoms with Gasteiger partial charge in [-0.05, 0) is 49.4 Å². The monoisotopic (exact) mass is 839 g/mol. The van der Waals surface area contributed by atoms with Gasteiger partial charge < -0.3 is 20.3 Å². The molecule has 0 spiro atoms. The second kappa shape index (κ2) is 15.4. The number of piperidine rings is 2. The number of piperazine rings is 1. The topological polar surface area (TPSA) is 186 Å². The summed E-state index contributed by atoms with van der Waals surface area (Å²) in [5, 5.41) is 9.51. The van der Waals surface area contributed by atoms with Crippen molar-refractivity contribution in [1.29, 1.82) is 5.26 Å². The number of rotatable bonds is 9. The zero-order valence-electron chi connectivity index (χ0n) is 34.0. The number of likely N-dealkylation sites (tertiary alicyclic amines) is 1. The van der Waals surface area contributed by atoms with Gasteiger partial charge >= 0.3 is 0 Å². The Bertz CT molecular complexity index is 2300. The largest absolute Gasteiger partial charge is 0.489 e. The quantitative estimate of drug-likeness (QED) is 0.302. The lowest BCUT2D eigenvalue weighted by Crippen LogP contribution is -2.77. The lowest BCUT2D eigenvalue weighted by Gasteiger charge is -2.65. The highest BCUT2D eigenvalue weighted by atomic mass is 35.5. The van der Waals surface area contributed by atoms with Crippen LogP contribution in [0.4, 0.5) is 16.0 Å². The smallest absolute Gasteiger partial charge is 0.265 e. The number of nitrogens with two attached hydrogens (primary N) is 1. The lowest BCUT2D eigenvalue weighted by atomic mass is 9.48. The van der Waals surface area contributed by atoms with Crippen LogP contribution < -0.4 is 20.3 Å². The molecule has 0 radical (unpaired) electrons. The van der Waals surface area contributed by atoms with Crippen molar-refractivity contribution in [1.82, 2.24) is 24.7 Å². The molecular weight excluding hydrogens is 793 g/mol. The minimum atomic E-state index is -1.29. The van der Waals surface area contributed by atoms with E-state index < -0.39 is 64.4 Å². The number of primary amides is 1. The molecule has 2 aromatic carbocycles. The third-order valence-corrected chi connectivity index (χ3v) is 13.4. The average Bonchev–Trinajstić information content (AvgIpc) is 3.47. The number of hydrogen-bond donors (Lipinski definition) is 1. The molecule has 15 nitrogen and oxygen atoms in total. The van der Waals surface area contributed by atoms with Gasteiger partial charge in [0.2, 0.25) is 11.9 Å². The number of amides is 5. The second-order valence-electron chi connectivity index (χ2n) is 17.6. The normalized spacial score (nSPS) is 24.3. The zero-order chi connectivity index (χ0) is 42.8. The number of ether oxygens (including phenoxy) is 1. The molecule has 1 unspecified atom stereocenters. The van der Waals surface area contributed by atoms with Crippen molar-refractivity contribution >= 4 is 52.8 Å². The molecule has 3 aromatic rings. The van der Waals surface area contributed by atoms with Gasteiger partial charge in [0.15, 0.2) is 0 Å². The number of halogens is 2. The first-order chi connectivity index (χ1) is 28.5. The fourth-order valence-corrected chi connectivity index (χ4v) is 10.7. The van der Waals surface area contributed by atoms with Crippen molar-refractivity contribution in [3.8, 4) is 11.8 Å². The predicted octanol–water partition coefficient (Wildman–Crippen LogP) is 4.27. The molecule has 4 aliphatic heterocycles. The van der Waals surface area contributed by atoms with Crippen molar-refractivity contribution in [3.63, 3.8) is 0 Å². The molecule has 314 valence electrons. The molecule has 4 fully saturated rings. The maximum absolute atomic E-state index is 15.9. The molecule has 5 aliphatic rings. The Balaban J connectivity index is 0.904. The first kappa shape index (κ1) is 41.1. The Morgan fingerprint density at radius 1 is 0.917 bits per heavy atom. The number of aromatic nitrogens is 2. The van der Waals surface area contributed by atoms with E-state index in [9.17, 15) is 29.2 Å². The summed E-state index contributed by atoms with van der Waals surface area (Å²) >= 11 is 6.26. The Morgan fingerprint density at radius 2 is 1.58 bits per heavy atom. The second-order valence-corrected chi connectivity index (χ2v) is 18.0. The zero-order valence-corrected chi connectivity index (χ0v) is 34.7. The third kappa shape index (κ3) is 7.00. The maximum atomic E-state index is 15.9. The van der Waals surface area contributed by atoms with Gasteiger partial charge in [-0.3, -0.25) is 38.7 Å². The van der Waals surface area contributed by atoms with E-state index in [0.717, 1.165) is 50.5 Å². The van der Waals surface area contributed by atoms with Crippen LogP contribution in [0.3, 0.4) is 0 Å². The average molecular weight is 840 g/mol. The van der Waals surface area contributed by atoms with Crippen LogP contribution in [0.5, 0.6) is 5.75 Å². The summed E-state index contributed by atoms with van der Waals surface area (Å²) in [4.78, 5) is 84.4. The van der Waals surface area contributed by atoms with E-state index in [0.29, 0.717) is 42.0 Å². The maximum Gasteiger partial charge on any atom is 0.265 e. The molecule has 17 heteroatoms. The fraction of sp³-hybridized carbons (Fsp3) is 0.488. The van der Waals surface area contributed by atoms with Gasteiger partial charge in [0, 0.05) is 87.2 Å². The van der Waals surface area contributed by atoms with Crippen LogP contribution in [-0.4, -0.2) is 118 Å². The van der Waals surface area contributed by atoms with Gasteiger partial charge in [-0.1, -0.05) is 39.3 Å². The van der Waals surface area contributed by atoms with Crippen LogP contribution in [-0.2, 0) is 9.59 Å². The molecule has 0 bridgehead atoms. The molecule has 1 saturated carbocycles. The minimum Gasteiger partial charge on any atom is -0.489 e. The van der Waals surface area contributed by atoms with E-state index in [4.69, 9.17) is 22.1 Å². The Kier molecular flexibility index (Phi) is 10.6. The van der Waals surface area contributed by atoms with E-state index in [2.05, 4.69) is 19.8 Å². The molecule has 8 rings (SSSR count). The van der Waals surface area contributed by atoms with Crippen LogP contribution in [0, 0.1) is 33.9 Å². The van der Waals surface area contributed by atoms with Gasteiger partial charge in [-0.2, -0.15) is 5.26 Å². The summed E-state index contributed by atoms with van der Waals surface area (Å²) in [6, 6.07) is 7.68. The van der Waals surface area contributed by atoms with Crippen molar-refractivity contribution in [2.45, 2.75) is 71.6 Å². The number of carbonyl (C=O) groups is 5. The van der Waals surface area contributed by atoms with Crippen LogP contribution in [0.1, 0.15) is 90.0 Å². The Hall–Kier alpha value is -5.66. The number of nitrogens with zero attached hydrogens (tertiary/aromatic N) is 8. The van der Waals surface area contributed by atoms with Crippen LogP contribution in [0.15, 0.2) is 42.7 Å². The van der Waals surface area contributed by atoms with Crippen LogP contribution >= 0.6 is 11.6 Å². The van der Waals surface area contributed by atoms with Crippen molar-refractivity contribution in [3.05, 3.63) is 75.8 Å². The number of nitriles is 1. The highest BCUT2D eigenvalue weighted by Crippen LogP contribution is 2.58. The van der Waals surface area contributed by atoms with Crippen molar-refractivity contribution in [2.24, 2.45) is 22.5 Å². The summed E-state index contributed by atoms with van der Waals surface area (Å²) < 4.78 is 22.3. The first-order valence-corrected chi connectivity index (χ1v) is 20.7. The summed E-state index contributed by atoms with van der Waals surface area (Å²) in [5.74, 6) is -2.64. The van der Waals surface area contributed by atoms with Gasteiger partial charge in [0.05, 0.1) is 33.3 Å². The van der Waals surface area contributed by atoms with E-state index in [1.165, 1.54) is 23.4 Å². The summed E-state index contributed by atoms with van der Waals surface area (Å²) in [5.41, 5.74) is 4.39. The van der Waals surface area contributed by atoms with Crippen LogP contribution in [0.2, 0.25) is 5.02 Å². The Morgan fingerprint density at radius 3 is 2.20 bits per heavy atom. The molecule has 1 aromatic heterocycles. The Labute approximate surface area is 352 Å². The number of benzene rings is 2.